The van der Waals surface area contributed by atoms with Crippen LogP contribution in [0.5, 0.6) is 5.75 Å². The van der Waals surface area contributed by atoms with Gasteiger partial charge in [0, 0.05) is 266 Å². The number of anilines is 8. The van der Waals surface area contributed by atoms with Gasteiger partial charge in [0.15, 0.2) is 18.2 Å². The highest BCUT2D eigenvalue weighted by molar-refractivity contribution is 7.79. The second-order valence-corrected chi connectivity index (χ2v) is 29.7. The number of aromatic hydroxyl groups is 1. The zero-order valence-electron chi connectivity index (χ0n) is 79.1. The van der Waals surface area contributed by atoms with Crippen molar-refractivity contribution < 1.29 is 88.6 Å². The van der Waals surface area contributed by atoms with Crippen molar-refractivity contribution in [1.29, 1.82) is 0 Å². The van der Waals surface area contributed by atoms with Crippen molar-refractivity contribution in [2.24, 2.45) is 4.40 Å². The van der Waals surface area contributed by atoms with E-state index in [-0.39, 0.29) is 33.4 Å². The minimum absolute atomic E-state index is 0.117. The molecular weight excluding hydrogens is 1790 g/mol. The van der Waals surface area contributed by atoms with Crippen molar-refractivity contribution in [3.8, 4) is 5.75 Å². The van der Waals surface area contributed by atoms with Crippen LogP contribution in [0.25, 0.3) is 0 Å². The van der Waals surface area contributed by atoms with Crippen molar-refractivity contribution in [2.45, 2.75) is 77.3 Å². The SMILES string of the molecule is COCCCN(C)C1=NS(=O)ON1.COCCCN(C)C1NC(=O)NC1=O.COCCCN(C)c1c(O)c(=O)c1=O.COCCCN(C)c1c[nH]oc1=O.COCCCN(C)c1cc(=O)o[nH]1.COCCCN(C)c1n[nH]c(=O)[nH]1.COCCCN(C)c1n[nH]c(C)n1.COCCCN(C)c1nc(=S)[nH][nH]1.COCCCN(C)c1nc(=S)o[nH]1.COCCCN(C)c1ncno1. The van der Waals surface area contributed by atoms with Gasteiger partial charge in [-0.1, -0.05) is 5.16 Å². The second kappa shape index (κ2) is 71.8. The topological polar surface area (TPSA) is 608 Å². The molecule has 0 saturated carbocycles. The van der Waals surface area contributed by atoms with Gasteiger partial charge in [-0.05, 0) is 103 Å². The molecule has 1 saturated heterocycles. The molecule has 9 heterocycles. The van der Waals surface area contributed by atoms with Gasteiger partial charge in [0.25, 0.3) is 16.8 Å². The molecule has 3 amide bonds. The summed E-state index contributed by atoms with van der Waals surface area (Å²) < 4.78 is 87.2. The number of rotatable bonds is 49. The quantitative estimate of drug-likeness (QED) is 0.0112. The van der Waals surface area contributed by atoms with Crippen LogP contribution in [0.3, 0.4) is 0 Å². The lowest BCUT2D eigenvalue weighted by Gasteiger charge is -2.20. The first kappa shape index (κ1) is 118. The number of imide groups is 1. The molecule has 2 unspecified atom stereocenters. The molecule has 1 fully saturated rings. The number of aryl methyl sites for hydroxylation is 1. The fourth-order valence-corrected chi connectivity index (χ4v) is 11.2. The second-order valence-electron chi connectivity index (χ2n) is 28.2. The molecule has 8 aromatic rings. The molecule has 7 aromatic heterocycles. The minimum atomic E-state index is -1.58. The Kier molecular flexibility index (Phi) is 64.8. The number of likely N-dealkylation sites (N-methyl/N-ethyl adjacent to an activating group) is 1. The van der Waals surface area contributed by atoms with Gasteiger partial charge in [-0.3, -0.25) is 44.9 Å². The first-order chi connectivity index (χ1) is 62.8. The van der Waals surface area contributed by atoms with Gasteiger partial charge in [0.2, 0.25) is 34.5 Å². The first-order valence-electron chi connectivity index (χ1n) is 41.2. The number of hydrogen-bond donors (Lipinski definition) is 12. The molecule has 0 radical (unpaired) electrons. The van der Waals surface area contributed by atoms with E-state index in [4.69, 9.17) is 86.0 Å². The minimum Gasteiger partial charge on any atom is -0.502 e. The van der Waals surface area contributed by atoms with Gasteiger partial charge in [0.05, 0.1) is 12.3 Å². The van der Waals surface area contributed by atoms with Crippen molar-refractivity contribution in [3.05, 3.63) is 85.8 Å². The Bertz CT molecular complexity index is 4400. The maximum Gasteiger partial charge on any atom is 0.380 e. The number of carbonyl (C=O) groups excluding carboxylic acids is 2. The molecule has 56 heteroatoms. The number of guanidine groups is 1. The largest absolute Gasteiger partial charge is 0.502 e. The number of hydroxylamine groups is 1. The van der Waals surface area contributed by atoms with Crippen LogP contribution in [0.2, 0.25) is 0 Å². The predicted molar refractivity (Wildman–Crippen MR) is 498 cm³/mol. The van der Waals surface area contributed by atoms with E-state index in [9.17, 15) is 37.8 Å². The summed E-state index contributed by atoms with van der Waals surface area (Å²) in [4.78, 5) is 114. The number of ether oxygens (including phenoxy) is 10. The molecule has 2 aliphatic heterocycles. The van der Waals surface area contributed by atoms with Crippen molar-refractivity contribution in [1.82, 2.24) is 102 Å². The average Bonchev–Trinajstić information content (AvgIpc) is 1.62. The predicted octanol–water partition coefficient (Wildman–Crippen LogP) is 1.73. The number of hydrogen-bond acceptors (Lipinski definition) is 44. The number of aromatic nitrogens is 15. The Morgan fingerprint density at radius 3 is 1.36 bits per heavy atom. The highest BCUT2D eigenvalue weighted by atomic mass is 32.2. The monoisotopic (exact) mass is 1930 g/mol. The molecule has 12 N–H and O–H groups in total. The van der Waals surface area contributed by atoms with E-state index < -0.39 is 40.1 Å². The van der Waals surface area contributed by atoms with Crippen LogP contribution < -0.4 is 83.1 Å². The zero-order chi connectivity index (χ0) is 97.9. The third kappa shape index (κ3) is 51.5. The Hall–Kier alpha value is -10.9. The summed E-state index contributed by atoms with van der Waals surface area (Å²) in [5.74, 6) is 4.03. The highest BCUT2D eigenvalue weighted by Crippen LogP contribution is 2.19. The third-order valence-corrected chi connectivity index (χ3v) is 18.5. The summed E-state index contributed by atoms with van der Waals surface area (Å²) in [5, 5.41) is 43.4. The summed E-state index contributed by atoms with van der Waals surface area (Å²) in [5.41, 5.74) is 0.765. The fourth-order valence-electron chi connectivity index (χ4n) is 10.4. The van der Waals surface area contributed by atoms with Crippen LogP contribution >= 0.6 is 24.4 Å². The van der Waals surface area contributed by atoms with Crippen LogP contribution in [0.15, 0.2) is 65.1 Å². The number of urea groups is 1. The maximum absolute atomic E-state index is 11.2. The first-order valence-corrected chi connectivity index (χ1v) is 43.0. The molecule has 131 heavy (non-hydrogen) atoms. The molecule has 0 aliphatic carbocycles. The highest BCUT2D eigenvalue weighted by Gasteiger charge is 2.32. The number of amides is 3. The zero-order valence-corrected chi connectivity index (χ0v) is 81.6. The van der Waals surface area contributed by atoms with E-state index in [1.807, 2.05) is 103 Å². The Labute approximate surface area is 773 Å². The normalized spacial score (nSPS) is 12.6. The summed E-state index contributed by atoms with van der Waals surface area (Å²) in [7, 11) is 35.3. The van der Waals surface area contributed by atoms with E-state index in [0.29, 0.717) is 92.9 Å². The van der Waals surface area contributed by atoms with Crippen LogP contribution in [0.4, 0.5) is 51.8 Å². The molecule has 746 valence electrons. The smallest absolute Gasteiger partial charge is 0.380 e. The number of aromatic amines is 8. The lowest BCUT2D eigenvalue weighted by atomic mass is 10.2. The van der Waals surface area contributed by atoms with Gasteiger partial charge in [0.1, 0.15) is 23.0 Å². The van der Waals surface area contributed by atoms with Crippen molar-refractivity contribution >= 4 is 101 Å². The average molecular weight is 1930 g/mol. The Balaban J connectivity index is 0.000000728. The van der Waals surface area contributed by atoms with Crippen molar-refractivity contribution in [3.63, 3.8) is 0 Å². The van der Waals surface area contributed by atoms with Crippen LogP contribution in [0, 0.1) is 16.5 Å². The van der Waals surface area contributed by atoms with E-state index in [1.54, 1.807) is 101 Å². The maximum atomic E-state index is 11.2. The van der Waals surface area contributed by atoms with Crippen molar-refractivity contribution in [2.75, 3.05) is 312 Å². The van der Waals surface area contributed by atoms with E-state index in [1.165, 1.54) is 12.4 Å². The Morgan fingerprint density at radius 2 is 0.969 bits per heavy atom. The van der Waals surface area contributed by atoms with Gasteiger partial charge in [-0.25, -0.2) is 44.3 Å². The van der Waals surface area contributed by atoms with E-state index in [2.05, 4.69) is 110 Å². The summed E-state index contributed by atoms with van der Waals surface area (Å²) >= 11 is 7.99. The molecule has 0 bridgehead atoms. The molecule has 10 rings (SSSR count). The van der Waals surface area contributed by atoms with E-state index in [0.717, 1.165) is 161 Å². The van der Waals surface area contributed by atoms with E-state index >= 15 is 0 Å². The Morgan fingerprint density at radius 1 is 0.496 bits per heavy atom. The van der Waals surface area contributed by atoms with Gasteiger partial charge in [-0.15, -0.1) is 14.6 Å². The third-order valence-electron chi connectivity index (χ3n) is 17.6. The van der Waals surface area contributed by atoms with Gasteiger partial charge < -0.3 is 120 Å². The molecule has 2 atom stereocenters. The lowest BCUT2D eigenvalue weighted by Crippen LogP contribution is -2.45. The number of nitrogens with one attached hydrogen (secondary N) is 11. The summed E-state index contributed by atoms with van der Waals surface area (Å²) in [6.07, 6.45) is 11.4. The number of carbonyl (C=O) groups is 2. The lowest BCUT2D eigenvalue weighted by molar-refractivity contribution is -0.123. The van der Waals surface area contributed by atoms with Crippen LogP contribution in [-0.2, 0) is 67.7 Å². The molecule has 0 spiro atoms. The molecular formula is C75H139N29O24S3. The standard InChI is InChI=1S/C9H13NO4.C8H16N4O.C8H15N3O3.2C8H14N2O3.C7H14N4O2.C7H14N4OS.C7H13N3O2S.C7H13N3O2.C6H13N3O3S/c1-10(4-3-5-14-2)6-7(11)9(13)8(6)12;1-7-9-8(11-10-7)12(2)5-4-6-13-3;1-11(4-3-5-14-2)6-7(12)10-8(13)9-6;1-10(4-3-5-12-2)7-6-9-13-8(7)11;1-10(4-3-5-12-2)7-6-8(11)13-9-7;1-11(4-3-5-13-2)6-8-7(12)10-9-6;1-11(4-3-5-12-2)6-8-7(13)10-9-6;1-10(4-3-5-11-2)6-8-7(13)12-9-6;1-10(4-3-5-11-2)7-8-6-9-12-7;1-9(4-3-5-11-2)6-7-12-13(10)8-6/h11H,3-5H2,1-2H3;4-6H2,1-3H3,(H,9,10,11);6H,3-5H2,1-2H3,(H2,9,10,12,13);2*6,9H,3-5H2,1-2H3;3-5H2,1-2H3,(H2,8,9,10,12);3-5H2,1-2H3,(H2,8,9,10,13);3-5H2,1-2H3,(H,8,9,13);6H,3-5H2,1-2H3;3-5H2,1-2H3,(H,7,8). The van der Waals surface area contributed by atoms with Gasteiger partial charge >= 0.3 is 45.1 Å². The summed E-state index contributed by atoms with van der Waals surface area (Å²) in [6, 6.07) is 1.54. The number of nitrogens with zero attached hydrogens (tertiary/aromatic N) is 18. The number of H-pyrrole nitrogens is 8. The summed E-state index contributed by atoms with van der Waals surface area (Å²) in [6.45, 7) is 16.9. The van der Waals surface area contributed by atoms with Gasteiger partial charge in [-0.2, -0.15) is 29.4 Å². The van der Waals surface area contributed by atoms with Crippen LogP contribution in [-0.4, -0.2) is 392 Å². The number of methoxy groups -OCH3 is 10. The van der Waals surface area contributed by atoms with Crippen LogP contribution in [0.1, 0.15) is 70.0 Å². The molecule has 2 aliphatic rings. The molecule has 53 nitrogen and oxygen atoms in total. The molecule has 1 aromatic carbocycles. The fraction of sp³-hybridized carbons (Fsp3) is 0.693.